The number of aliphatic hydroxyl groups excluding tert-OH is 1. The highest BCUT2D eigenvalue weighted by Crippen LogP contribution is 2.34. The Morgan fingerprint density at radius 3 is 2.34 bits per heavy atom. The van der Waals surface area contributed by atoms with E-state index < -0.39 is 0 Å². The minimum Gasteiger partial charge on any atom is -0.393 e. The van der Waals surface area contributed by atoms with Gasteiger partial charge in [-0.3, -0.25) is 9.89 Å². The van der Waals surface area contributed by atoms with Gasteiger partial charge in [-0.15, -0.1) is 0 Å². The van der Waals surface area contributed by atoms with Crippen LogP contribution in [0.15, 0.2) is 52.5 Å². The number of piperidine rings is 1. The van der Waals surface area contributed by atoms with Crippen LogP contribution in [0.1, 0.15) is 105 Å². The van der Waals surface area contributed by atoms with E-state index in [1.165, 1.54) is 37.8 Å². The van der Waals surface area contributed by atoms with Gasteiger partial charge in [0.05, 0.1) is 23.9 Å². The highest BCUT2D eigenvalue weighted by atomic mass is 19.1. The molecule has 1 aromatic carbocycles. The SMILES string of the molecule is C.C=C/C=C(\N=C(C)CCC)c1c(-c2ccc(F)cc2)noc1CN1CCC(O)CC1.CC1CCC(C(C)C)CC1. The van der Waals surface area contributed by atoms with Gasteiger partial charge in [0.1, 0.15) is 11.5 Å². The van der Waals surface area contributed by atoms with Crippen LogP contribution in [-0.4, -0.2) is 40.1 Å². The summed E-state index contributed by atoms with van der Waals surface area (Å²) in [7, 11) is 0. The lowest BCUT2D eigenvalue weighted by Gasteiger charge is -2.28. The van der Waals surface area contributed by atoms with Crippen LogP contribution in [0.4, 0.5) is 4.39 Å². The van der Waals surface area contributed by atoms with Crippen molar-refractivity contribution in [2.24, 2.45) is 22.7 Å². The van der Waals surface area contributed by atoms with E-state index >= 15 is 0 Å². The molecule has 0 spiro atoms. The molecule has 1 N–H and O–H groups in total. The van der Waals surface area contributed by atoms with Gasteiger partial charge in [-0.05, 0) is 87.1 Å². The van der Waals surface area contributed by atoms with Crippen LogP contribution in [0.2, 0.25) is 0 Å². The van der Waals surface area contributed by atoms with E-state index in [2.05, 4.69) is 44.3 Å². The normalized spacial score (nSPS) is 20.8. The summed E-state index contributed by atoms with van der Waals surface area (Å²) in [6, 6.07) is 6.24. The molecule has 2 aromatic rings. The van der Waals surface area contributed by atoms with Crippen LogP contribution in [0.3, 0.4) is 0 Å². The molecule has 0 atom stereocenters. The molecule has 0 amide bonds. The van der Waals surface area contributed by atoms with Gasteiger partial charge in [0.25, 0.3) is 0 Å². The molecule has 1 saturated carbocycles. The van der Waals surface area contributed by atoms with Crippen molar-refractivity contribution >= 4 is 11.4 Å². The summed E-state index contributed by atoms with van der Waals surface area (Å²) >= 11 is 0. The minimum absolute atomic E-state index is 0. The zero-order valence-corrected chi connectivity index (χ0v) is 25.3. The van der Waals surface area contributed by atoms with Crippen molar-refractivity contribution in [1.29, 1.82) is 0 Å². The van der Waals surface area contributed by atoms with E-state index in [1.54, 1.807) is 18.2 Å². The third-order valence-electron chi connectivity index (χ3n) is 8.26. The topological polar surface area (TPSA) is 61.9 Å². The first-order valence-electron chi connectivity index (χ1n) is 15.2. The third kappa shape index (κ3) is 10.6. The van der Waals surface area contributed by atoms with E-state index in [4.69, 9.17) is 9.52 Å². The van der Waals surface area contributed by atoms with E-state index in [0.29, 0.717) is 18.0 Å². The first-order chi connectivity index (χ1) is 19.2. The minimum atomic E-state index is -0.297. The Labute approximate surface area is 248 Å². The molecule has 6 heteroatoms. The summed E-state index contributed by atoms with van der Waals surface area (Å²) in [5.74, 6) is 3.39. The fourth-order valence-corrected chi connectivity index (χ4v) is 5.65. The average Bonchev–Trinajstić information content (AvgIpc) is 3.34. The zero-order valence-electron chi connectivity index (χ0n) is 25.3. The molecule has 2 heterocycles. The molecule has 1 saturated heterocycles. The number of aliphatic imine (C=N–C) groups is 1. The molecular formula is C35H54FN3O2. The summed E-state index contributed by atoms with van der Waals surface area (Å²) in [6.45, 7) is 17.3. The number of rotatable bonds is 9. The van der Waals surface area contributed by atoms with Gasteiger partial charge in [0, 0.05) is 24.4 Å². The largest absolute Gasteiger partial charge is 0.393 e. The molecule has 4 rings (SSSR count). The van der Waals surface area contributed by atoms with Crippen molar-refractivity contribution in [3.05, 3.63) is 60.1 Å². The van der Waals surface area contributed by atoms with Gasteiger partial charge in [-0.25, -0.2) is 4.39 Å². The third-order valence-corrected chi connectivity index (χ3v) is 8.26. The Hall–Kier alpha value is -2.57. The second-order valence-corrected chi connectivity index (χ2v) is 12.0. The van der Waals surface area contributed by atoms with Gasteiger partial charge in [-0.2, -0.15) is 0 Å². The number of aromatic nitrogens is 1. The Balaban J connectivity index is 0.000000452. The first kappa shape index (κ1) is 34.6. The molecule has 1 aliphatic heterocycles. The number of aliphatic hydroxyl groups is 1. The monoisotopic (exact) mass is 567 g/mol. The second-order valence-electron chi connectivity index (χ2n) is 12.0. The molecule has 2 fully saturated rings. The van der Waals surface area contributed by atoms with Crippen molar-refractivity contribution in [3.63, 3.8) is 0 Å². The summed E-state index contributed by atoms with van der Waals surface area (Å²) in [6.07, 6.45) is 12.7. The Kier molecular flexibility index (Phi) is 14.7. The van der Waals surface area contributed by atoms with Gasteiger partial charge in [0.15, 0.2) is 5.76 Å². The fourth-order valence-electron chi connectivity index (χ4n) is 5.65. The molecule has 0 bridgehead atoms. The van der Waals surface area contributed by atoms with Crippen molar-refractivity contribution < 1.29 is 14.0 Å². The lowest BCUT2D eigenvalue weighted by Crippen LogP contribution is -2.35. The lowest BCUT2D eigenvalue weighted by atomic mass is 9.78. The molecule has 5 nitrogen and oxygen atoms in total. The number of allylic oxidation sites excluding steroid dienone is 2. The average molecular weight is 568 g/mol. The molecule has 1 aliphatic carbocycles. The predicted molar refractivity (Wildman–Crippen MR) is 171 cm³/mol. The highest BCUT2D eigenvalue weighted by Gasteiger charge is 2.25. The molecule has 2 aliphatic rings. The first-order valence-corrected chi connectivity index (χ1v) is 15.2. The van der Waals surface area contributed by atoms with Gasteiger partial charge in [-0.1, -0.05) is 72.2 Å². The number of halogens is 1. The summed E-state index contributed by atoms with van der Waals surface area (Å²) in [5, 5.41) is 14.1. The smallest absolute Gasteiger partial charge is 0.160 e. The van der Waals surface area contributed by atoms with Crippen LogP contribution >= 0.6 is 0 Å². The highest BCUT2D eigenvalue weighted by molar-refractivity contribution is 5.90. The summed E-state index contributed by atoms with van der Waals surface area (Å²) < 4.78 is 19.3. The van der Waals surface area contributed by atoms with Gasteiger partial charge >= 0.3 is 0 Å². The van der Waals surface area contributed by atoms with E-state index in [0.717, 1.165) is 79.1 Å². The Morgan fingerprint density at radius 1 is 1.15 bits per heavy atom. The maximum Gasteiger partial charge on any atom is 0.160 e. The van der Waals surface area contributed by atoms with Crippen LogP contribution in [0.25, 0.3) is 17.0 Å². The standard InChI is InChI=1S/C24H30FN3O2.C10H20.CH4/c1-4-6-17(3)26-21(7-5-2)23-22(16-28-14-12-20(29)13-15-28)30-27-24(23)18-8-10-19(25)11-9-18;1-8(2)10-6-4-9(3)5-7-10;/h5,7-11,20,29H,2,4,6,12-16H2,1,3H3;8-10H,4-7H2,1-3H3;1H4/b21-7-,26-17?;;. The molecule has 41 heavy (non-hydrogen) atoms. The molecule has 0 unspecified atom stereocenters. The van der Waals surface area contributed by atoms with Crippen LogP contribution in [-0.2, 0) is 6.54 Å². The van der Waals surface area contributed by atoms with E-state index in [1.807, 2.05) is 13.0 Å². The fraction of sp³-hybridized carbons (Fsp3) is 0.600. The summed E-state index contributed by atoms with van der Waals surface area (Å²) in [4.78, 5) is 7.09. The van der Waals surface area contributed by atoms with Crippen LogP contribution in [0.5, 0.6) is 0 Å². The Morgan fingerprint density at radius 2 is 1.78 bits per heavy atom. The van der Waals surface area contributed by atoms with Crippen LogP contribution in [0, 0.1) is 23.6 Å². The van der Waals surface area contributed by atoms with Gasteiger partial charge in [0.2, 0.25) is 0 Å². The second kappa shape index (κ2) is 17.4. The molecular weight excluding hydrogens is 513 g/mol. The van der Waals surface area contributed by atoms with Gasteiger partial charge < -0.3 is 9.63 Å². The zero-order chi connectivity index (χ0) is 29.1. The molecule has 1 aromatic heterocycles. The quantitative estimate of drug-likeness (QED) is 0.242. The Bertz CT molecular complexity index is 1100. The number of benzene rings is 1. The number of nitrogens with zero attached hydrogens (tertiary/aromatic N) is 3. The summed E-state index contributed by atoms with van der Waals surface area (Å²) in [5.41, 5.74) is 3.98. The molecule has 0 radical (unpaired) electrons. The van der Waals surface area contributed by atoms with Crippen molar-refractivity contribution in [2.75, 3.05) is 13.1 Å². The van der Waals surface area contributed by atoms with Crippen molar-refractivity contribution in [1.82, 2.24) is 10.1 Å². The lowest BCUT2D eigenvalue weighted by molar-refractivity contribution is 0.0748. The van der Waals surface area contributed by atoms with Crippen LogP contribution < -0.4 is 0 Å². The molecule has 228 valence electrons. The maximum atomic E-state index is 13.5. The van der Waals surface area contributed by atoms with Crippen molar-refractivity contribution in [3.8, 4) is 11.3 Å². The number of likely N-dealkylation sites (tertiary alicyclic amines) is 1. The van der Waals surface area contributed by atoms with E-state index in [9.17, 15) is 9.50 Å². The van der Waals surface area contributed by atoms with E-state index in [-0.39, 0.29) is 19.3 Å². The van der Waals surface area contributed by atoms with Crippen molar-refractivity contribution in [2.45, 2.75) is 106 Å². The number of hydrogen-bond donors (Lipinski definition) is 1. The number of hydrogen-bond acceptors (Lipinski definition) is 5. The predicted octanol–water partition coefficient (Wildman–Crippen LogP) is 9.33. The maximum absolute atomic E-state index is 13.5.